The fourth-order valence-electron chi connectivity index (χ4n) is 0.969. The van der Waals surface area contributed by atoms with Gasteiger partial charge in [-0.15, -0.1) is 0 Å². The van der Waals surface area contributed by atoms with Crippen LogP contribution in [0.25, 0.3) is 0 Å². The fraction of sp³-hybridized carbons (Fsp3) is 1.00. The van der Waals surface area contributed by atoms with Crippen LogP contribution in [0.4, 0.5) is 0 Å². The summed E-state index contributed by atoms with van der Waals surface area (Å²) in [7, 11) is 1.51. The molecule has 1 heterocycles. The largest absolute Gasteiger partial charge is 0.390 e. The van der Waals surface area contributed by atoms with E-state index in [0.717, 1.165) is 0 Å². The first-order valence-corrected chi connectivity index (χ1v) is 3.24. The summed E-state index contributed by atoms with van der Waals surface area (Å²) in [6.07, 6.45) is -1.49. The van der Waals surface area contributed by atoms with Gasteiger partial charge in [0.15, 0.2) is 6.29 Å². The fourth-order valence-corrected chi connectivity index (χ4v) is 0.969. The minimum absolute atomic E-state index is 0.235. The second-order valence-electron chi connectivity index (χ2n) is 2.37. The Morgan fingerprint density at radius 1 is 1.50 bits per heavy atom. The Labute approximate surface area is 59.4 Å². The molecule has 0 saturated carbocycles. The van der Waals surface area contributed by atoms with Gasteiger partial charge in [-0.1, -0.05) is 0 Å². The zero-order chi connectivity index (χ0) is 7.56. The van der Waals surface area contributed by atoms with E-state index < -0.39 is 12.4 Å². The molecule has 0 radical (unpaired) electrons. The van der Waals surface area contributed by atoms with Crippen molar-refractivity contribution in [1.82, 2.24) is 0 Å². The van der Waals surface area contributed by atoms with Crippen molar-refractivity contribution in [3.8, 4) is 0 Å². The third kappa shape index (κ3) is 1.67. The zero-order valence-electron chi connectivity index (χ0n) is 5.86. The summed E-state index contributed by atoms with van der Waals surface area (Å²) in [5, 5.41) is 18.0. The highest BCUT2D eigenvalue weighted by Gasteiger charge is 2.28. The lowest BCUT2D eigenvalue weighted by atomic mass is 10.1. The number of rotatable bonds is 1. The molecule has 1 rings (SSSR count). The summed E-state index contributed by atoms with van der Waals surface area (Å²) in [6.45, 7) is 0.263. The van der Waals surface area contributed by atoms with Gasteiger partial charge in [-0.2, -0.15) is 0 Å². The topological polar surface area (TPSA) is 58.9 Å². The molecular formula is C6H12O4. The first kappa shape index (κ1) is 7.94. The second kappa shape index (κ2) is 3.30. The van der Waals surface area contributed by atoms with Crippen molar-refractivity contribution < 1.29 is 19.7 Å². The highest BCUT2D eigenvalue weighted by Crippen LogP contribution is 2.13. The zero-order valence-corrected chi connectivity index (χ0v) is 5.86. The lowest BCUT2D eigenvalue weighted by Crippen LogP contribution is -2.42. The second-order valence-corrected chi connectivity index (χ2v) is 2.37. The third-order valence-electron chi connectivity index (χ3n) is 1.63. The molecule has 0 aromatic heterocycles. The number of aliphatic hydroxyl groups excluding tert-OH is 2. The maximum atomic E-state index is 9.17. The van der Waals surface area contributed by atoms with Gasteiger partial charge in [0.25, 0.3) is 0 Å². The van der Waals surface area contributed by atoms with E-state index in [9.17, 15) is 5.11 Å². The van der Waals surface area contributed by atoms with E-state index in [4.69, 9.17) is 14.6 Å². The standard InChI is InChI=1S/C6H12O4/c1-9-5-3-10-6(8)2-4(5)7/h4-8H,2-3H2,1H3/t4-,5-,6-/m1/s1. The molecule has 60 valence electrons. The van der Waals surface area contributed by atoms with Crippen LogP contribution in [-0.4, -0.2) is 42.4 Å². The van der Waals surface area contributed by atoms with Gasteiger partial charge in [0.1, 0.15) is 6.10 Å². The highest BCUT2D eigenvalue weighted by molar-refractivity contribution is 4.73. The van der Waals surface area contributed by atoms with Gasteiger partial charge in [0.05, 0.1) is 12.7 Å². The Hall–Kier alpha value is -0.160. The van der Waals surface area contributed by atoms with Crippen LogP contribution in [0.5, 0.6) is 0 Å². The van der Waals surface area contributed by atoms with Crippen LogP contribution < -0.4 is 0 Å². The van der Waals surface area contributed by atoms with Crippen LogP contribution in [0.15, 0.2) is 0 Å². The molecule has 1 aliphatic heterocycles. The Morgan fingerprint density at radius 3 is 2.70 bits per heavy atom. The number of hydrogen-bond acceptors (Lipinski definition) is 4. The van der Waals surface area contributed by atoms with Gasteiger partial charge >= 0.3 is 0 Å². The molecule has 2 N–H and O–H groups in total. The molecule has 4 heteroatoms. The van der Waals surface area contributed by atoms with Gasteiger partial charge in [-0.25, -0.2) is 0 Å². The van der Waals surface area contributed by atoms with Crippen LogP contribution in [-0.2, 0) is 9.47 Å². The maximum Gasteiger partial charge on any atom is 0.157 e. The van der Waals surface area contributed by atoms with Crippen LogP contribution >= 0.6 is 0 Å². The Kier molecular flexibility index (Phi) is 2.62. The quantitative estimate of drug-likeness (QED) is 0.506. The summed E-state index contributed by atoms with van der Waals surface area (Å²) < 4.78 is 9.69. The van der Waals surface area contributed by atoms with Crippen molar-refractivity contribution in [2.45, 2.75) is 24.9 Å². The predicted molar refractivity (Wildman–Crippen MR) is 33.4 cm³/mol. The average Bonchev–Trinajstić information content (AvgIpc) is 1.88. The molecule has 0 unspecified atom stereocenters. The summed E-state index contributed by atoms with van der Waals surface area (Å²) >= 11 is 0. The van der Waals surface area contributed by atoms with Crippen molar-refractivity contribution in [2.24, 2.45) is 0 Å². The van der Waals surface area contributed by atoms with E-state index in [1.54, 1.807) is 0 Å². The normalized spacial score (nSPS) is 41.7. The minimum atomic E-state index is -0.832. The number of methoxy groups -OCH3 is 1. The molecule has 10 heavy (non-hydrogen) atoms. The first-order chi connectivity index (χ1) is 4.74. The highest BCUT2D eigenvalue weighted by atomic mass is 16.6. The molecule has 0 aromatic carbocycles. The van der Waals surface area contributed by atoms with E-state index in [0.29, 0.717) is 0 Å². The maximum absolute atomic E-state index is 9.17. The van der Waals surface area contributed by atoms with E-state index in [2.05, 4.69) is 0 Å². The molecule has 0 bridgehead atoms. The summed E-state index contributed by atoms with van der Waals surface area (Å²) in [5.74, 6) is 0. The summed E-state index contributed by atoms with van der Waals surface area (Å²) in [4.78, 5) is 0. The van der Waals surface area contributed by atoms with Gasteiger partial charge < -0.3 is 19.7 Å². The van der Waals surface area contributed by atoms with Gasteiger partial charge in [0, 0.05) is 13.5 Å². The van der Waals surface area contributed by atoms with Crippen LogP contribution in [0.3, 0.4) is 0 Å². The summed E-state index contributed by atoms with van der Waals surface area (Å²) in [5.41, 5.74) is 0. The van der Waals surface area contributed by atoms with Crippen molar-refractivity contribution in [3.63, 3.8) is 0 Å². The Balaban J connectivity index is 2.36. The number of hydrogen-bond donors (Lipinski definition) is 2. The number of ether oxygens (including phenoxy) is 2. The molecule has 0 aliphatic carbocycles. The molecule has 4 nitrogen and oxygen atoms in total. The molecule has 3 atom stereocenters. The molecule has 1 fully saturated rings. The van der Waals surface area contributed by atoms with Crippen LogP contribution in [0.1, 0.15) is 6.42 Å². The van der Waals surface area contributed by atoms with Crippen LogP contribution in [0.2, 0.25) is 0 Å². The van der Waals surface area contributed by atoms with Gasteiger partial charge in [-0.05, 0) is 0 Å². The monoisotopic (exact) mass is 148 g/mol. The average molecular weight is 148 g/mol. The summed E-state index contributed by atoms with van der Waals surface area (Å²) in [6, 6.07) is 0. The Bertz CT molecular complexity index is 106. The molecule has 1 saturated heterocycles. The van der Waals surface area contributed by atoms with Crippen molar-refractivity contribution in [3.05, 3.63) is 0 Å². The molecule has 1 aliphatic rings. The Morgan fingerprint density at radius 2 is 2.20 bits per heavy atom. The molecular weight excluding hydrogens is 136 g/mol. The van der Waals surface area contributed by atoms with Crippen LogP contribution in [0, 0.1) is 0 Å². The van der Waals surface area contributed by atoms with E-state index in [1.165, 1.54) is 7.11 Å². The predicted octanol–water partition coefficient (Wildman–Crippen LogP) is -0.899. The third-order valence-corrected chi connectivity index (χ3v) is 1.63. The van der Waals surface area contributed by atoms with E-state index >= 15 is 0 Å². The molecule has 0 amide bonds. The van der Waals surface area contributed by atoms with Gasteiger partial charge in [-0.3, -0.25) is 0 Å². The van der Waals surface area contributed by atoms with E-state index in [1.807, 2.05) is 0 Å². The number of aliphatic hydroxyl groups is 2. The molecule has 0 spiro atoms. The van der Waals surface area contributed by atoms with Crippen molar-refractivity contribution >= 4 is 0 Å². The lowest BCUT2D eigenvalue weighted by Gasteiger charge is -2.29. The van der Waals surface area contributed by atoms with Crippen molar-refractivity contribution in [1.29, 1.82) is 0 Å². The van der Waals surface area contributed by atoms with Crippen molar-refractivity contribution in [2.75, 3.05) is 13.7 Å². The van der Waals surface area contributed by atoms with E-state index in [-0.39, 0.29) is 19.1 Å². The minimum Gasteiger partial charge on any atom is -0.390 e. The molecule has 0 aromatic rings. The lowest BCUT2D eigenvalue weighted by molar-refractivity contribution is -0.200. The SMILES string of the molecule is CO[C@@H]1CO[C@@H](O)C[C@H]1O. The first-order valence-electron chi connectivity index (χ1n) is 3.24. The van der Waals surface area contributed by atoms with Gasteiger partial charge in [0.2, 0.25) is 0 Å². The smallest absolute Gasteiger partial charge is 0.157 e.